The van der Waals surface area contributed by atoms with E-state index < -0.39 is 32.6 Å². The van der Waals surface area contributed by atoms with E-state index in [0.717, 1.165) is 23.1 Å². The van der Waals surface area contributed by atoms with Gasteiger partial charge in [0.1, 0.15) is 18.0 Å². The predicted octanol–water partition coefficient (Wildman–Crippen LogP) is 6.45. The molecule has 0 aliphatic heterocycles. The highest BCUT2D eigenvalue weighted by atomic mass is 28.4. The summed E-state index contributed by atoms with van der Waals surface area (Å²) in [6, 6.07) is 5.10. The number of carboxylic acids is 1. The van der Waals surface area contributed by atoms with Crippen molar-refractivity contribution in [3.8, 4) is 0 Å². The van der Waals surface area contributed by atoms with Gasteiger partial charge >= 0.3 is 5.97 Å². The molecule has 1 aromatic rings. The van der Waals surface area contributed by atoms with Gasteiger partial charge in [-0.25, -0.2) is 4.39 Å². The van der Waals surface area contributed by atoms with Gasteiger partial charge < -0.3 is 14.6 Å². The second-order valence-corrected chi connectivity index (χ2v) is 16.6. The van der Waals surface area contributed by atoms with Crippen LogP contribution in [0.5, 0.6) is 0 Å². The van der Waals surface area contributed by atoms with E-state index in [4.69, 9.17) is 9.53 Å². The number of carboxylic acid groups (broad SMARTS) is 1. The molecule has 0 saturated heterocycles. The van der Waals surface area contributed by atoms with Crippen LogP contribution in [0.1, 0.15) is 71.4 Å². The van der Waals surface area contributed by atoms with Gasteiger partial charge in [0.05, 0.1) is 6.10 Å². The Kier molecular flexibility index (Phi) is 9.07. The second kappa shape index (κ2) is 10.9. The maximum absolute atomic E-state index is 14.1. The molecule has 1 aliphatic rings. The molecule has 2 unspecified atom stereocenters. The number of carbonyl (C=O) groups excluding carboxylic acids is 1. The van der Waals surface area contributed by atoms with Crippen molar-refractivity contribution < 1.29 is 28.6 Å². The zero-order valence-corrected chi connectivity index (χ0v) is 23.4. The number of aliphatic carboxylic acids is 1. The number of carbonyl (C=O) groups is 2. The van der Waals surface area contributed by atoms with Crippen LogP contribution < -0.4 is 0 Å². The molecule has 35 heavy (non-hydrogen) atoms. The fraction of sp³-hybridized carbons (Fsp3) is 0.571. The molecule has 2 rings (SSSR count). The molecule has 0 fully saturated rings. The number of ketones is 1. The van der Waals surface area contributed by atoms with E-state index in [-0.39, 0.29) is 28.8 Å². The number of hydrogen-bond donors (Lipinski definition) is 2. The van der Waals surface area contributed by atoms with E-state index in [1.54, 1.807) is 19.1 Å². The van der Waals surface area contributed by atoms with Crippen LogP contribution in [0.3, 0.4) is 0 Å². The third kappa shape index (κ3) is 7.69. The number of Topliss-reactive ketones (excluding diaryl/α,β-unsaturated/α-hetero) is 1. The first kappa shape index (κ1) is 29.1. The lowest BCUT2D eigenvalue weighted by atomic mass is 9.69. The lowest BCUT2D eigenvalue weighted by Gasteiger charge is -2.45. The van der Waals surface area contributed by atoms with Crippen LogP contribution in [0.4, 0.5) is 4.39 Å². The summed E-state index contributed by atoms with van der Waals surface area (Å²) >= 11 is 0. The number of aliphatic hydroxyl groups excluding tert-OH is 1. The zero-order valence-electron chi connectivity index (χ0n) is 22.4. The van der Waals surface area contributed by atoms with Crippen molar-refractivity contribution in [1.29, 1.82) is 0 Å². The molecular formula is C28H41FO5Si. The van der Waals surface area contributed by atoms with E-state index in [9.17, 15) is 19.1 Å². The first-order valence-electron chi connectivity index (χ1n) is 12.2. The molecule has 1 aliphatic carbocycles. The third-order valence-corrected chi connectivity index (χ3v) is 11.8. The molecule has 0 heterocycles. The smallest absolute Gasteiger partial charge is 0.310 e. The zero-order chi connectivity index (χ0) is 26.8. The molecule has 0 aromatic heterocycles. The topological polar surface area (TPSA) is 83.8 Å². The van der Waals surface area contributed by atoms with Gasteiger partial charge in [0.2, 0.25) is 0 Å². The van der Waals surface area contributed by atoms with Crippen LogP contribution in [0, 0.1) is 18.2 Å². The Morgan fingerprint density at radius 2 is 1.91 bits per heavy atom. The number of rotatable bonds is 9. The lowest BCUT2D eigenvalue weighted by Crippen LogP contribution is -2.46. The first-order chi connectivity index (χ1) is 15.9. The van der Waals surface area contributed by atoms with Gasteiger partial charge in [-0.05, 0) is 77.7 Å². The summed E-state index contributed by atoms with van der Waals surface area (Å²) in [6.07, 6.45) is 2.92. The number of aryl methyl sites for hydroxylation is 1. The van der Waals surface area contributed by atoms with Gasteiger partial charge in [0.25, 0.3) is 0 Å². The molecule has 0 amide bonds. The Labute approximate surface area is 210 Å². The van der Waals surface area contributed by atoms with Crippen LogP contribution in [0.15, 0.2) is 35.9 Å². The SMILES string of the molecule is Cc1cc(C2=C(/C=C/C(O)CC(=O)CC(=O)O)C(C)(C)CC(O[Si](C)(C)C(C)(C)C)C2)ccc1F. The molecule has 194 valence electrons. The number of halogens is 1. The highest BCUT2D eigenvalue weighted by Crippen LogP contribution is 2.48. The summed E-state index contributed by atoms with van der Waals surface area (Å²) < 4.78 is 20.9. The number of hydrogen-bond acceptors (Lipinski definition) is 4. The summed E-state index contributed by atoms with van der Waals surface area (Å²) in [4.78, 5) is 22.6. The maximum atomic E-state index is 14.1. The summed E-state index contributed by atoms with van der Waals surface area (Å²) in [6.45, 7) is 17.1. The van der Waals surface area contributed by atoms with Gasteiger partial charge in [-0.3, -0.25) is 9.59 Å². The highest BCUT2D eigenvalue weighted by molar-refractivity contribution is 6.74. The van der Waals surface area contributed by atoms with Crippen LogP contribution >= 0.6 is 0 Å². The highest BCUT2D eigenvalue weighted by Gasteiger charge is 2.42. The maximum Gasteiger partial charge on any atom is 0.310 e. The van der Waals surface area contributed by atoms with Gasteiger partial charge in [-0.15, -0.1) is 0 Å². The molecule has 0 saturated carbocycles. The van der Waals surface area contributed by atoms with Crippen molar-refractivity contribution >= 4 is 25.6 Å². The first-order valence-corrected chi connectivity index (χ1v) is 15.1. The average molecular weight is 505 g/mol. The largest absolute Gasteiger partial charge is 0.481 e. The van der Waals surface area contributed by atoms with Crippen molar-refractivity contribution in [3.63, 3.8) is 0 Å². The Morgan fingerprint density at radius 3 is 2.46 bits per heavy atom. The normalized spacial score (nSPS) is 19.8. The standard InChI is InChI=1S/C28H41FO5Si/c1-18-13-19(9-12-25(18)29)23-16-22(34-35(7,8)27(2,3)4)17-28(5,6)24(23)11-10-20(30)14-21(31)15-26(32)33/h9-13,20,22,30H,14-17H2,1-8H3,(H,32,33)/b11-10+. The molecular weight excluding hydrogens is 463 g/mol. The van der Waals surface area contributed by atoms with E-state index in [1.165, 1.54) is 6.07 Å². The number of allylic oxidation sites excluding steroid dienone is 2. The van der Waals surface area contributed by atoms with Crippen molar-refractivity contribution in [1.82, 2.24) is 0 Å². The Balaban J connectivity index is 2.48. The van der Waals surface area contributed by atoms with Crippen LogP contribution in [-0.4, -0.2) is 42.5 Å². The molecule has 0 spiro atoms. The Bertz CT molecular complexity index is 1020. The van der Waals surface area contributed by atoms with Crippen molar-refractivity contribution in [2.75, 3.05) is 0 Å². The minimum atomic E-state index is -2.02. The third-order valence-electron chi connectivity index (χ3n) is 7.27. The summed E-state index contributed by atoms with van der Waals surface area (Å²) in [5.41, 5.74) is 3.21. The molecule has 2 atom stereocenters. The van der Waals surface area contributed by atoms with E-state index in [2.05, 4.69) is 47.7 Å². The number of benzene rings is 1. The second-order valence-electron chi connectivity index (χ2n) is 11.9. The van der Waals surface area contributed by atoms with Crippen molar-refractivity contribution in [2.24, 2.45) is 5.41 Å². The molecule has 7 heteroatoms. The fourth-order valence-electron chi connectivity index (χ4n) is 4.36. The van der Waals surface area contributed by atoms with Crippen LogP contribution in [-0.2, 0) is 14.0 Å². The van der Waals surface area contributed by atoms with Crippen LogP contribution in [0.25, 0.3) is 5.57 Å². The van der Waals surface area contributed by atoms with E-state index in [1.807, 2.05) is 12.1 Å². The minimum absolute atomic E-state index is 0.00506. The number of aliphatic hydroxyl groups is 1. The van der Waals surface area contributed by atoms with Gasteiger partial charge in [-0.1, -0.05) is 52.8 Å². The van der Waals surface area contributed by atoms with Gasteiger partial charge in [0, 0.05) is 12.5 Å². The van der Waals surface area contributed by atoms with Gasteiger partial charge in [0.15, 0.2) is 8.32 Å². The lowest BCUT2D eigenvalue weighted by molar-refractivity contribution is -0.140. The van der Waals surface area contributed by atoms with E-state index in [0.29, 0.717) is 12.0 Å². The van der Waals surface area contributed by atoms with Crippen LogP contribution in [0.2, 0.25) is 18.1 Å². The fourth-order valence-corrected chi connectivity index (χ4v) is 5.71. The Hall–Kier alpha value is -2.09. The van der Waals surface area contributed by atoms with Gasteiger partial charge in [-0.2, -0.15) is 0 Å². The molecule has 0 radical (unpaired) electrons. The quantitative estimate of drug-likeness (QED) is 0.298. The monoisotopic (exact) mass is 504 g/mol. The summed E-state index contributed by atoms with van der Waals surface area (Å²) in [7, 11) is -2.02. The van der Waals surface area contributed by atoms with E-state index >= 15 is 0 Å². The molecule has 2 N–H and O–H groups in total. The summed E-state index contributed by atoms with van der Waals surface area (Å²) in [5.74, 6) is -1.99. The predicted molar refractivity (Wildman–Crippen MR) is 140 cm³/mol. The molecule has 1 aromatic carbocycles. The summed E-state index contributed by atoms with van der Waals surface area (Å²) in [5, 5.41) is 19.2. The molecule has 5 nitrogen and oxygen atoms in total. The average Bonchev–Trinajstić information content (AvgIpc) is 2.66. The van der Waals surface area contributed by atoms with Crippen molar-refractivity contribution in [3.05, 3.63) is 52.9 Å². The molecule has 0 bridgehead atoms. The Morgan fingerprint density at radius 1 is 1.29 bits per heavy atom. The van der Waals surface area contributed by atoms with Crippen molar-refractivity contribution in [2.45, 2.75) is 97.6 Å². The minimum Gasteiger partial charge on any atom is -0.481 e.